The van der Waals surface area contributed by atoms with Crippen molar-refractivity contribution in [2.45, 2.75) is 13.8 Å². The molecule has 0 saturated carbocycles. The zero-order valence-electron chi connectivity index (χ0n) is 5.40. The molecule has 0 fully saturated rings. The molecule has 0 saturated heterocycles. The Bertz CT molecular complexity index is 29.3. The molecular weight excluding hydrogens is 90.1 g/mol. The first-order valence-corrected chi connectivity index (χ1v) is 2.26. The first-order valence-electron chi connectivity index (χ1n) is 2.26. The monoisotopic (exact) mass is 105 g/mol. The van der Waals surface area contributed by atoms with E-state index in [0.29, 0.717) is 5.92 Å². The van der Waals surface area contributed by atoms with Crippen molar-refractivity contribution in [3.63, 3.8) is 0 Å². The molecule has 0 aliphatic rings. The fourth-order valence-corrected chi connectivity index (χ4v) is 0.333. The normalized spacial score (nSPS) is 8.57. The maximum absolute atomic E-state index is 4.80. The van der Waals surface area contributed by atoms with E-state index >= 15 is 0 Å². The highest BCUT2D eigenvalue weighted by molar-refractivity contribution is 4.35. The maximum atomic E-state index is 4.80. The van der Waals surface area contributed by atoms with Crippen molar-refractivity contribution < 1.29 is 4.74 Å². The Morgan fingerprint density at radius 3 is 1.86 bits per heavy atom. The topological polar surface area (TPSA) is 44.2 Å². The molecule has 0 aliphatic heterocycles. The van der Waals surface area contributed by atoms with Gasteiger partial charge in [-0.3, -0.25) is 0 Å². The van der Waals surface area contributed by atoms with Gasteiger partial charge in [-0.2, -0.15) is 0 Å². The lowest BCUT2D eigenvalue weighted by atomic mass is 10.2. The first-order chi connectivity index (χ1) is 2.77. The van der Waals surface area contributed by atoms with Crippen molar-refractivity contribution in [1.29, 1.82) is 0 Å². The van der Waals surface area contributed by atoms with E-state index in [2.05, 4.69) is 13.8 Å². The van der Waals surface area contributed by atoms with E-state index in [9.17, 15) is 0 Å². The number of rotatable bonds is 2. The average molecular weight is 105 g/mol. The summed E-state index contributed by atoms with van der Waals surface area (Å²) in [4.78, 5) is 0. The molecule has 46 valence electrons. The van der Waals surface area contributed by atoms with Crippen molar-refractivity contribution in [1.82, 2.24) is 6.15 Å². The Morgan fingerprint density at radius 1 is 1.43 bits per heavy atom. The molecule has 0 heterocycles. The van der Waals surface area contributed by atoms with Crippen LogP contribution < -0.4 is 6.15 Å². The van der Waals surface area contributed by atoms with Crippen molar-refractivity contribution in [3.8, 4) is 0 Å². The second-order valence-electron chi connectivity index (χ2n) is 1.85. The Kier molecular flexibility index (Phi) is 8.47. The Hall–Kier alpha value is -0.0800. The molecule has 0 radical (unpaired) electrons. The molecule has 2 nitrogen and oxygen atoms in total. The molecule has 0 aliphatic carbocycles. The summed E-state index contributed by atoms with van der Waals surface area (Å²) in [6.07, 6.45) is 0. The summed E-state index contributed by atoms with van der Waals surface area (Å²) in [6.45, 7) is 5.13. The fourth-order valence-electron chi connectivity index (χ4n) is 0.333. The van der Waals surface area contributed by atoms with Crippen molar-refractivity contribution in [2.75, 3.05) is 13.7 Å². The van der Waals surface area contributed by atoms with E-state index in [0.717, 1.165) is 6.61 Å². The van der Waals surface area contributed by atoms with E-state index in [4.69, 9.17) is 4.74 Å². The van der Waals surface area contributed by atoms with E-state index < -0.39 is 0 Å². The molecular formula is C5H15NO. The number of ether oxygens (including phenoxy) is 1. The molecule has 0 unspecified atom stereocenters. The number of hydrogen-bond acceptors (Lipinski definition) is 2. The SMILES string of the molecule is COCC(C)C.N. The highest BCUT2D eigenvalue weighted by Gasteiger charge is 1.85. The minimum Gasteiger partial charge on any atom is -0.384 e. The molecule has 3 N–H and O–H groups in total. The van der Waals surface area contributed by atoms with Gasteiger partial charge in [0.1, 0.15) is 0 Å². The van der Waals surface area contributed by atoms with Crippen LogP contribution in [0.2, 0.25) is 0 Å². The quantitative estimate of drug-likeness (QED) is 0.577. The van der Waals surface area contributed by atoms with Crippen LogP contribution in [-0.2, 0) is 4.74 Å². The minimum atomic E-state index is 0. The summed E-state index contributed by atoms with van der Waals surface area (Å²) >= 11 is 0. The standard InChI is InChI=1S/C5H12O.H3N/c1-5(2)4-6-3;/h5H,4H2,1-3H3;1H3. The van der Waals surface area contributed by atoms with Crippen LogP contribution in [0.3, 0.4) is 0 Å². The highest BCUT2D eigenvalue weighted by Crippen LogP contribution is 1.88. The largest absolute Gasteiger partial charge is 0.384 e. The Balaban J connectivity index is 0. The second kappa shape index (κ2) is 5.92. The lowest BCUT2D eigenvalue weighted by Crippen LogP contribution is -1.96. The first kappa shape index (κ1) is 10.0. The van der Waals surface area contributed by atoms with E-state index in [1.54, 1.807) is 7.11 Å². The minimum absolute atomic E-state index is 0. The summed E-state index contributed by atoms with van der Waals surface area (Å²) in [6, 6.07) is 0. The highest BCUT2D eigenvalue weighted by atomic mass is 16.5. The molecule has 0 rings (SSSR count). The van der Waals surface area contributed by atoms with Gasteiger partial charge in [-0.1, -0.05) is 13.8 Å². The Labute approximate surface area is 45.4 Å². The van der Waals surface area contributed by atoms with E-state index in [-0.39, 0.29) is 6.15 Å². The van der Waals surface area contributed by atoms with Gasteiger partial charge in [-0.05, 0) is 5.92 Å². The van der Waals surface area contributed by atoms with Gasteiger partial charge in [0.05, 0.1) is 0 Å². The summed E-state index contributed by atoms with van der Waals surface area (Å²) in [5, 5.41) is 0. The zero-order chi connectivity index (χ0) is 4.99. The molecule has 2 heteroatoms. The van der Waals surface area contributed by atoms with E-state index in [1.807, 2.05) is 0 Å². The van der Waals surface area contributed by atoms with E-state index in [1.165, 1.54) is 0 Å². The molecule has 0 atom stereocenters. The van der Waals surface area contributed by atoms with Crippen LogP contribution >= 0.6 is 0 Å². The van der Waals surface area contributed by atoms with Crippen molar-refractivity contribution >= 4 is 0 Å². The molecule has 7 heavy (non-hydrogen) atoms. The van der Waals surface area contributed by atoms with Crippen LogP contribution in [0, 0.1) is 5.92 Å². The number of hydrogen-bond donors (Lipinski definition) is 1. The van der Waals surface area contributed by atoms with Crippen molar-refractivity contribution in [3.05, 3.63) is 0 Å². The summed E-state index contributed by atoms with van der Waals surface area (Å²) in [5.74, 6) is 0.676. The van der Waals surface area contributed by atoms with Gasteiger partial charge in [-0.25, -0.2) is 0 Å². The third kappa shape index (κ3) is 10.7. The third-order valence-corrected chi connectivity index (χ3v) is 0.500. The van der Waals surface area contributed by atoms with Gasteiger partial charge in [-0.15, -0.1) is 0 Å². The van der Waals surface area contributed by atoms with Crippen LogP contribution in [0.5, 0.6) is 0 Å². The number of methoxy groups -OCH3 is 1. The van der Waals surface area contributed by atoms with Gasteiger partial charge in [0, 0.05) is 13.7 Å². The smallest absolute Gasteiger partial charge is 0.0485 e. The average Bonchev–Trinajstić information content (AvgIpc) is 1.35. The second-order valence-corrected chi connectivity index (χ2v) is 1.85. The van der Waals surface area contributed by atoms with Crippen molar-refractivity contribution in [2.24, 2.45) is 5.92 Å². The molecule has 0 aromatic carbocycles. The molecule has 0 amide bonds. The maximum Gasteiger partial charge on any atom is 0.0485 e. The van der Waals surface area contributed by atoms with Gasteiger partial charge in [0.2, 0.25) is 0 Å². The molecule has 0 spiro atoms. The summed E-state index contributed by atoms with van der Waals surface area (Å²) in [5.41, 5.74) is 0. The molecule has 0 aromatic rings. The van der Waals surface area contributed by atoms with Gasteiger partial charge in [0.15, 0.2) is 0 Å². The van der Waals surface area contributed by atoms with Gasteiger partial charge >= 0.3 is 0 Å². The summed E-state index contributed by atoms with van der Waals surface area (Å²) < 4.78 is 4.80. The fraction of sp³-hybridized carbons (Fsp3) is 1.00. The van der Waals surface area contributed by atoms with Crippen LogP contribution in [-0.4, -0.2) is 13.7 Å². The molecule has 0 aromatic heterocycles. The Morgan fingerprint density at radius 2 is 1.86 bits per heavy atom. The summed E-state index contributed by atoms with van der Waals surface area (Å²) in [7, 11) is 1.72. The van der Waals surface area contributed by atoms with Crippen LogP contribution in [0.4, 0.5) is 0 Å². The van der Waals surface area contributed by atoms with Crippen LogP contribution in [0.25, 0.3) is 0 Å². The van der Waals surface area contributed by atoms with Gasteiger partial charge < -0.3 is 10.9 Å². The lowest BCUT2D eigenvalue weighted by molar-refractivity contribution is 0.167. The lowest BCUT2D eigenvalue weighted by Gasteiger charge is -1.97. The third-order valence-electron chi connectivity index (χ3n) is 0.500. The molecule has 0 bridgehead atoms. The zero-order valence-corrected chi connectivity index (χ0v) is 5.40. The predicted molar refractivity (Wildman–Crippen MR) is 31.7 cm³/mol. The van der Waals surface area contributed by atoms with Crippen LogP contribution in [0.1, 0.15) is 13.8 Å². The predicted octanol–water partition coefficient (Wildman–Crippen LogP) is 1.45. The van der Waals surface area contributed by atoms with Gasteiger partial charge in [0.25, 0.3) is 0 Å². The van der Waals surface area contributed by atoms with Crippen LogP contribution in [0.15, 0.2) is 0 Å².